The van der Waals surface area contributed by atoms with Gasteiger partial charge in [0.25, 0.3) is 0 Å². The number of rotatable bonds is 4. The highest BCUT2D eigenvalue weighted by Crippen LogP contribution is 2.38. The van der Waals surface area contributed by atoms with Crippen LogP contribution in [0.3, 0.4) is 0 Å². The van der Waals surface area contributed by atoms with E-state index in [1.54, 1.807) is 4.57 Å². The molecule has 2 heterocycles. The van der Waals surface area contributed by atoms with Gasteiger partial charge in [0.1, 0.15) is 5.69 Å². The molecule has 0 bridgehead atoms. The number of H-pyrrole nitrogens is 1. The molecule has 122 valence electrons. The first-order chi connectivity index (χ1) is 12.2. The molecule has 1 N–H and O–H groups in total. The quantitative estimate of drug-likeness (QED) is 0.309. The summed E-state index contributed by atoms with van der Waals surface area (Å²) >= 11 is 3.57. The van der Waals surface area contributed by atoms with Gasteiger partial charge in [-0.05, 0) is 34.1 Å². The molecule has 0 saturated heterocycles. The Labute approximate surface area is 152 Å². The summed E-state index contributed by atoms with van der Waals surface area (Å²) in [7, 11) is 0. The average molecular weight is 393 g/mol. The van der Waals surface area contributed by atoms with Crippen LogP contribution in [-0.4, -0.2) is 21.6 Å². The highest BCUT2D eigenvalue weighted by Gasteiger charge is 2.24. The Morgan fingerprint density at radius 1 is 1.04 bits per heavy atom. The number of halogens is 1. The zero-order valence-corrected chi connectivity index (χ0v) is 14.7. The SMILES string of the molecule is O=CC(=O)c1c(-c2c[nH]c3ccccc23)c(Br)cn1-c1ccccc1. The molecule has 2 aromatic heterocycles. The molecule has 5 heteroatoms. The highest BCUT2D eigenvalue weighted by atomic mass is 79.9. The molecule has 25 heavy (non-hydrogen) atoms. The third-order valence-electron chi connectivity index (χ3n) is 4.19. The number of aromatic amines is 1. The van der Waals surface area contributed by atoms with E-state index in [9.17, 15) is 9.59 Å². The van der Waals surface area contributed by atoms with Crippen LogP contribution in [0.5, 0.6) is 0 Å². The van der Waals surface area contributed by atoms with Gasteiger partial charge >= 0.3 is 0 Å². The second-order valence-corrected chi connectivity index (χ2v) is 6.49. The van der Waals surface area contributed by atoms with E-state index in [0.29, 0.717) is 17.5 Å². The van der Waals surface area contributed by atoms with E-state index in [-0.39, 0.29) is 0 Å². The lowest BCUT2D eigenvalue weighted by Crippen LogP contribution is -2.09. The third-order valence-corrected chi connectivity index (χ3v) is 4.79. The summed E-state index contributed by atoms with van der Waals surface area (Å²) in [6.45, 7) is 0. The Morgan fingerprint density at radius 3 is 2.52 bits per heavy atom. The van der Waals surface area contributed by atoms with Crippen LogP contribution in [-0.2, 0) is 4.79 Å². The largest absolute Gasteiger partial charge is 0.361 e. The number of Topliss-reactive ketones (excluding diaryl/α,β-unsaturated/α-hetero) is 1. The van der Waals surface area contributed by atoms with E-state index >= 15 is 0 Å². The Balaban J connectivity index is 2.04. The molecule has 2 aromatic carbocycles. The Morgan fingerprint density at radius 2 is 1.76 bits per heavy atom. The molecule has 4 nitrogen and oxygen atoms in total. The van der Waals surface area contributed by atoms with E-state index in [4.69, 9.17) is 0 Å². The zero-order valence-electron chi connectivity index (χ0n) is 13.1. The highest BCUT2D eigenvalue weighted by molar-refractivity contribution is 9.10. The summed E-state index contributed by atoms with van der Waals surface area (Å²) in [6, 6.07) is 17.3. The van der Waals surface area contributed by atoms with Gasteiger partial charge in [-0.1, -0.05) is 36.4 Å². The van der Waals surface area contributed by atoms with E-state index in [1.807, 2.05) is 67.0 Å². The van der Waals surface area contributed by atoms with Gasteiger partial charge in [-0.3, -0.25) is 9.59 Å². The van der Waals surface area contributed by atoms with Crippen LogP contribution < -0.4 is 0 Å². The molecule has 0 aliphatic heterocycles. The van der Waals surface area contributed by atoms with Gasteiger partial charge in [0, 0.05) is 44.6 Å². The Kier molecular flexibility index (Phi) is 3.86. The number of hydrogen-bond acceptors (Lipinski definition) is 2. The number of ketones is 1. The van der Waals surface area contributed by atoms with Crippen LogP contribution in [0.15, 0.2) is 71.5 Å². The van der Waals surface area contributed by atoms with Gasteiger partial charge in [-0.15, -0.1) is 0 Å². The van der Waals surface area contributed by atoms with E-state index in [2.05, 4.69) is 20.9 Å². The van der Waals surface area contributed by atoms with Crippen molar-refractivity contribution in [2.75, 3.05) is 0 Å². The first kappa shape index (κ1) is 15.6. The fourth-order valence-electron chi connectivity index (χ4n) is 3.10. The molecular weight excluding hydrogens is 380 g/mol. The first-order valence-corrected chi connectivity index (χ1v) is 8.52. The number of hydrogen-bond donors (Lipinski definition) is 1. The molecule has 0 spiro atoms. The number of aromatic nitrogens is 2. The lowest BCUT2D eigenvalue weighted by Gasteiger charge is -2.08. The second-order valence-electron chi connectivity index (χ2n) is 5.64. The second kappa shape index (κ2) is 6.18. The van der Waals surface area contributed by atoms with Gasteiger partial charge in [0.05, 0.1) is 0 Å². The predicted molar refractivity (Wildman–Crippen MR) is 101 cm³/mol. The summed E-state index contributed by atoms with van der Waals surface area (Å²) in [5.41, 5.74) is 3.72. The molecule has 4 aromatic rings. The third kappa shape index (κ3) is 2.53. The summed E-state index contributed by atoms with van der Waals surface area (Å²) in [6.07, 6.45) is 4.05. The summed E-state index contributed by atoms with van der Waals surface area (Å²) in [5, 5.41) is 0.994. The molecular formula is C20H13BrN2O2. The van der Waals surface area contributed by atoms with Crippen molar-refractivity contribution in [1.82, 2.24) is 9.55 Å². The monoisotopic (exact) mass is 392 g/mol. The van der Waals surface area contributed by atoms with Gasteiger partial charge in [-0.25, -0.2) is 0 Å². The van der Waals surface area contributed by atoms with Crippen molar-refractivity contribution in [2.24, 2.45) is 0 Å². The van der Waals surface area contributed by atoms with Crippen molar-refractivity contribution in [2.45, 2.75) is 0 Å². The standard InChI is InChI=1S/C20H13BrN2O2/c21-16-11-23(13-6-2-1-3-7-13)20(18(25)12-24)19(16)15-10-22-17-9-5-4-8-14(15)17/h1-12,22H. The van der Waals surface area contributed by atoms with Crippen molar-refractivity contribution in [1.29, 1.82) is 0 Å². The number of para-hydroxylation sites is 2. The minimum absolute atomic E-state index is 0.345. The molecule has 0 aliphatic carbocycles. The number of fused-ring (bicyclic) bond motifs is 1. The van der Waals surface area contributed by atoms with Gasteiger partial charge in [0.2, 0.25) is 5.78 Å². The fourth-order valence-corrected chi connectivity index (χ4v) is 3.71. The van der Waals surface area contributed by atoms with Crippen molar-refractivity contribution >= 4 is 38.9 Å². The minimum Gasteiger partial charge on any atom is -0.361 e. The number of carbonyl (C=O) groups is 2. The molecule has 4 rings (SSSR count). The number of benzene rings is 2. The normalized spacial score (nSPS) is 10.9. The smallest absolute Gasteiger partial charge is 0.242 e. The maximum atomic E-state index is 12.5. The average Bonchev–Trinajstić information content (AvgIpc) is 3.22. The fraction of sp³-hybridized carbons (Fsp3) is 0. The molecule has 0 aliphatic rings. The number of carbonyl (C=O) groups excluding carboxylic acids is 2. The van der Waals surface area contributed by atoms with Crippen LogP contribution in [0, 0.1) is 0 Å². The number of aldehydes is 1. The van der Waals surface area contributed by atoms with Crippen molar-refractivity contribution < 1.29 is 9.59 Å². The first-order valence-electron chi connectivity index (χ1n) is 7.73. The van der Waals surface area contributed by atoms with E-state index in [0.717, 1.165) is 26.6 Å². The van der Waals surface area contributed by atoms with Crippen LogP contribution in [0.1, 0.15) is 10.5 Å². The molecule has 0 saturated carbocycles. The molecule has 0 unspecified atom stereocenters. The zero-order chi connectivity index (χ0) is 17.4. The lowest BCUT2D eigenvalue weighted by molar-refractivity contribution is -0.104. The van der Waals surface area contributed by atoms with Gasteiger partial charge in [-0.2, -0.15) is 0 Å². The van der Waals surface area contributed by atoms with Crippen LogP contribution in [0.25, 0.3) is 27.7 Å². The maximum Gasteiger partial charge on any atom is 0.242 e. The predicted octanol–water partition coefficient (Wildman–Crippen LogP) is 4.77. The Bertz CT molecular complexity index is 1090. The van der Waals surface area contributed by atoms with Gasteiger partial charge < -0.3 is 9.55 Å². The summed E-state index contributed by atoms with van der Waals surface area (Å²) < 4.78 is 2.50. The van der Waals surface area contributed by atoms with Crippen LogP contribution >= 0.6 is 15.9 Å². The topological polar surface area (TPSA) is 54.9 Å². The van der Waals surface area contributed by atoms with E-state index < -0.39 is 5.78 Å². The van der Waals surface area contributed by atoms with Crippen molar-refractivity contribution in [3.63, 3.8) is 0 Å². The van der Waals surface area contributed by atoms with E-state index in [1.165, 1.54) is 0 Å². The molecule has 0 amide bonds. The number of nitrogens with zero attached hydrogens (tertiary/aromatic N) is 1. The van der Waals surface area contributed by atoms with Crippen molar-refractivity contribution in [3.8, 4) is 16.8 Å². The maximum absolute atomic E-state index is 12.5. The summed E-state index contributed by atoms with van der Waals surface area (Å²) in [5.74, 6) is -0.560. The van der Waals surface area contributed by atoms with Crippen molar-refractivity contribution in [3.05, 3.63) is 77.2 Å². The minimum atomic E-state index is -0.560. The van der Waals surface area contributed by atoms with Crippen LogP contribution in [0.2, 0.25) is 0 Å². The summed E-state index contributed by atoms with van der Waals surface area (Å²) in [4.78, 5) is 27.0. The molecule has 0 atom stereocenters. The van der Waals surface area contributed by atoms with Gasteiger partial charge in [0.15, 0.2) is 6.29 Å². The molecule has 0 fully saturated rings. The number of nitrogens with one attached hydrogen (secondary N) is 1. The molecule has 0 radical (unpaired) electrons. The lowest BCUT2D eigenvalue weighted by atomic mass is 10.0. The Hall–Kier alpha value is -2.92. The van der Waals surface area contributed by atoms with Crippen LogP contribution in [0.4, 0.5) is 0 Å².